The number of hydrogen-bond donors (Lipinski definition) is 1. The van der Waals surface area contributed by atoms with Crippen molar-refractivity contribution in [2.45, 2.75) is 26.8 Å². The van der Waals surface area contributed by atoms with Crippen LogP contribution in [0.15, 0.2) is 53.9 Å². The zero-order valence-corrected chi connectivity index (χ0v) is 16.2. The van der Waals surface area contributed by atoms with Crippen molar-refractivity contribution in [2.75, 3.05) is 5.32 Å². The van der Waals surface area contributed by atoms with Gasteiger partial charge in [0.25, 0.3) is 5.91 Å². The second-order valence-corrected chi connectivity index (χ2v) is 7.62. The summed E-state index contributed by atoms with van der Waals surface area (Å²) < 4.78 is 1.84. The van der Waals surface area contributed by atoms with Crippen LogP contribution in [-0.2, 0) is 0 Å². The van der Waals surface area contributed by atoms with Crippen molar-refractivity contribution in [1.82, 2.24) is 14.8 Å². The largest absolute Gasteiger partial charge is 0.296 e. The molecule has 136 valence electrons. The lowest BCUT2D eigenvalue weighted by molar-refractivity contribution is 0.102. The molecule has 0 saturated heterocycles. The summed E-state index contributed by atoms with van der Waals surface area (Å²) in [6, 6.07) is 16.5. The van der Waals surface area contributed by atoms with Gasteiger partial charge >= 0.3 is 0 Å². The summed E-state index contributed by atoms with van der Waals surface area (Å²) in [5.74, 6) is -0.239. The van der Waals surface area contributed by atoms with Gasteiger partial charge in [-0.1, -0.05) is 36.4 Å². The molecule has 0 atom stereocenters. The van der Waals surface area contributed by atoms with Gasteiger partial charge in [0.15, 0.2) is 10.8 Å². The molecule has 0 aliphatic rings. The summed E-state index contributed by atoms with van der Waals surface area (Å²) in [4.78, 5) is 17.1. The smallest absolute Gasteiger partial charge is 0.277 e. The Morgan fingerprint density at radius 2 is 1.89 bits per heavy atom. The van der Waals surface area contributed by atoms with Gasteiger partial charge in [0, 0.05) is 22.7 Å². The first-order valence-electron chi connectivity index (χ1n) is 8.83. The second kappa shape index (κ2) is 6.96. The molecule has 0 saturated carbocycles. The number of nitrogens with one attached hydrogen (secondary N) is 1. The van der Waals surface area contributed by atoms with E-state index in [9.17, 15) is 4.79 Å². The molecule has 27 heavy (non-hydrogen) atoms. The number of aryl methyl sites for hydroxylation is 1. The third kappa shape index (κ3) is 3.48. The molecule has 0 aliphatic carbocycles. The lowest BCUT2D eigenvalue weighted by Crippen LogP contribution is -2.13. The number of carbonyl (C=O) groups excluding carboxylic acids is 1. The molecular formula is C21H20N4OS. The van der Waals surface area contributed by atoms with E-state index < -0.39 is 0 Å². The normalized spacial score (nSPS) is 11.3. The first kappa shape index (κ1) is 17.4. The van der Waals surface area contributed by atoms with Gasteiger partial charge < -0.3 is 0 Å². The van der Waals surface area contributed by atoms with E-state index in [0.29, 0.717) is 10.8 Å². The van der Waals surface area contributed by atoms with Crippen LogP contribution in [0.2, 0.25) is 0 Å². The van der Waals surface area contributed by atoms with Crippen molar-refractivity contribution in [3.8, 4) is 11.3 Å². The second-order valence-electron chi connectivity index (χ2n) is 6.76. The Bertz CT molecular complexity index is 1130. The van der Waals surface area contributed by atoms with Crippen molar-refractivity contribution >= 4 is 33.1 Å². The van der Waals surface area contributed by atoms with Crippen LogP contribution in [0.4, 0.5) is 5.13 Å². The quantitative estimate of drug-likeness (QED) is 0.526. The number of aromatic nitrogens is 3. The van der Waals surface area contributed by atoms with Crippen molar-refractivity contribution < 1.29 is 4.79 Å². The van der Waals surface area contributed by atoms with E-state index in [1.807, 2.05) is 43.0 Å². The first-order chi connectivity index (χ1) is 13.0. The molecule has 6 heteroatoms. The minimum absolute atomic E-state index is 0.214. The molecule has 0 unspecified atom stereocenters. The van der Waals surface area contributed by atoms with Crippen LogP contribution in [0.25, 0.3) is 22.0 Å². The van der Waals surface area contributed by atoms with E-state index in [1.54, 1.807) is 6.07 Å². The van der Waals surface area contributed by atoms with E-state index in [4.69, 9.17) is 0 Å². The number of anilines is 1. The minimum Gasteiger partial charge on any atom is -0.296 e. The molecule has 5 nitrogen and oxygen atoms in total. The number of thiazole rings is 1. The fourth-order valence-corrected chi connectivity index (χ4v) is 3.81. The van der Waals surface area contributed by atoms with Crippen LogP contribution in [0.5, 0.6) is 0 Å². The molecule has 2 aromatic carbocycles. The highest BCUT2D eigenvalue weighted by Crippen LogP contribution is 2.28. The van der Waals surface area contributed by atoms with Crippen molar-refractivity contribution in [1.29, 1.82) is 0 Å². The Morgan fingerprint density at radius 1 is 1.11 bits per heavy atom. The molecule has 0 spiro atoms. The number of rotatable bonds is 4. The van der Waals surface area contributed by atoms with Crippen LogP contribution in [0, 0.1) is 6.92 Å². The summed E-state index contributed by atoms with van der Waals surface area (Å²) in [6.45, 7) is 6.03. The Kier molecular flexibility index (Phi) is 4.49. The molecule has 2 heterocycles. The Labute approximate surface area is 161 Å². The highest BCUT2D eigenvalue weighted by atomic mass is 32.1. The maximum absolute atomic E-state index is 12.5. The van der Waals surface area contributed by atoms with Crippen molar-refractivity contribution in [3.05, 3.63) is 65.3 Å². The van der Waals surface area contributed by atoms with E-state index in [-0.39, 0.29) is 11.9 Å². The molecule has 1 amide bonds. The average Bonchev–Trinajstić information content (AvgIpc) is 3.28. The van der Waals surface area contributed by atoms with Gasteiger partial charge in [-0.2, -0.15) is 5.10 Å². The maximum Gasteiger partial charge on any atom is 0.277 e. The van der Waals surface area contributed by atoms with Gasteiger partial charge in [0.1, 0.15) is 0 Å². The van der Waals surface area contributed by atoms with Gasteiger partial charge in [0.05, 0.1) is 5.69 Å². The highest BCUT2D eigenvalue weighted by molar-refractivity contribution is 7.14. The van der Waals surface area contributed by atoms with Gasteiger partial charge in [0.2, 0.25) is 0 Å². The van der Waals surface area contributed by atoms with Gasteiger partial charge in [-0.05, 0) is 43.7 Å². The first-order valence-corrected chi connectivity index (χ1v) is 9.71. The van der Waals surface area contributed by atoms with E-state index in [2.05, 4.69) is 45.7 Å². The van der Waals surface area contributed by atoms with Gasteiger partial charge in [-0.3, -0.25) is 14.8 Å². The Morgan fingerprint density at radius 3 is 2.63 bits per heavy atom. The summed E-state index contributed by atoms with van der Waals surface area (Å²) in [6.07, 6.45) is 0. The predicted octanol–water partition coefficient (Wildman–Crippen LogP) is 5.30. The summed E-state index contributed by atoms with van der Waals surface area (Å²) in [5, 5.41) is 12.1. The number of fused-ring (bicyclic) bond motifs is 1. The zero-order chi connectivity index (χ0) is 19.0. The molecule has 4 aromatic rings. The van der Waals surface area contributed by atoms with Crippen LogP contribution in [0.3, 0.4) is 0 Å². The molecule has 0 aliphatic heterocycles. The SMILES string of the molecule is Cc1cc(C(=O)Nc2nc(-c3ccc4ccccc4c3)cs2)nn1C(C)C. The third-order valence-electron chi connectivity index (χ3n) is 4.41. The predicted molar refractivity (Wildman–Crippen MR) is 110 cm³/mol. The summed E-state index contributed by atoms with van der Waals surface area (Å²) in [7, 11) is 0. The van der Waals surface area contributed by atoms with Gasteiger partial charge in [-0.15, -0.1) is 11.3 Å². The lowest BCUT2D eigenvalue weighted by atomic mass is 10.1. The number of carbonyl (C=O) groups is 1. The van der Waals surface area contributed by atoms with Crippen molar-refractivity contribution in [2.24, 2.45) is 0 Å². The maximum atomic E-state index is 12.5. The average molecular weight is 376 g/mol. The number of amides is 1. The van der Waals surface area contributed by atoms with Crippen LogP contribution in [0.1, 0.15) is 36.1 Å². The third-order valence-corrected chi connectivity index (χ3v) is 5.17. The summed E-state index contributed by atoms with van der Waals surface area (Å²) >= 11 is 1.41. The monoisotopic (exact) mass is 376 g/mol. The van der Waals surface area contributed by atoms with Crippen molar-refractivity contribution in [3.63, 3.8) is 0 Å². The summed E-state index contributed by atoms with van der Waals surface area (Å²) in [5.41, 5.74) is 3.25. The standard InChI is InChI=1S/C21H20N4OS/c1-13(2)25-14(3)10-18(24-25)20(26)23-21-22-19(12-27-21)17-9-8-15-6-4-5-7-16(15)11-17/h4-13H,1-3H3,(H,22,23,26). The van der Waals surface area contributed by atoms with E-state index in [1.165, 1.54) is 22.1 Å². The van der Waals surface area contributed by atoms with Gasteiger partial charge in [-0.25, -0.2) is 4.98 Å². The molecule has 1 N–H and O–H groups in total. The molecule has 0 bridgehead atoms. The molecule has 2 aromatic heterocycles. The fraction of sp³-hybridized carbons (Fsp3) is 0.190. The van der Waals surface area contributed by atoms with E-state index in [0.717, 1.165) is 17.0 Å². The molecular weight excluding hydrogens is 356 g/mol. The highest BCUT2D eigenvalue weighted by Gasteiger charge is 2.15. The number of nitrogens with zero attached hydrogens (tertiary/aromatic N) is 3. The fourth-order valence-electron chi connectivity index (χ4n) is 3.10. The molecule has 4 rings (SSSR count). The lowest BCUT2D eigenvalue weighted by Gasteiger charge is -2.06. The van der Waals surface area contributed by atoms with Crippen LogP contribution in [-0.4, -0.2) is 20.7 Å². The topological polar surface area (TPSA) is 59.8 Å². The number of benzene rings is 2. The zero-order valence-electron chi connectivity index (χ0n) is 15.4. The molecule has 0 fully saturated rings. The molecule has 0 radical (unpaired) electrons. The Balaban J connectivity index is 1.55. The minimum atomic E-state index is -0.239. The number of hydrogen-bond acceptors (Lipinski definition) is 4. The van der Waals surface area contributed by atoms with Crippen LogP contribution < -0.4 is 5.32 Å². The van der Waals surface area contributed by atoms with Crippen LogP contribution >= 0.6 is 11.3 Å². The van der Waals surface area contributed by atoms with E-state index >= 15 is 0 Å². The Hall–Kier alpha value is -2.99.